The maximum Gasteiger partial charge on any atom is 0.337 e. The molecule has 4 heteroatoms. The van der Waals surface area contributed by atoms with Crippen LogP contribution in [0.4, 0.5) is 0 Å². The van der Waals surface area contributed by atoms with E-state index in [0.717, 1.165) is 32.6 Å². The Balaban J connectivity index is 2.11. The number of carboxylic acid groups (broad SMARTS) is 1. The summed E-state index contributed by atoms with van der Waals surface area (Å²) < 4.78 is 0. The van der Waals surface area contributed by atoms with E-state index in [0.29, 0.717) is 11.0 Å². The molecule has 0 spiro atoms. The Morgan fingerprint density at radius 1 is 0.640 bits per heavy atom. The van der Waals surface area contributed by atoms with Gasteiger partial charge < -0.3 is 5.11 Å². The summed E-state index contributed by atoms with van der Waals surface area (Å²) in [7, 11) is 0. The number of benzene rings is 4. The molecule has 5 aromatic rings. The van der Waals surface area contributed by atoms with E-state index in [1.165, 1.54) is 0 Å². The standard InChI is InChI=1S/C21H12N2O2/c24-21(25)16-10-5-11-17-18(16)23-20-15-9-4-2-7-13(15)12-6-1-3-8-14(12)19(20)22-17/h1-11H,(H,24,25). The highest BCUT2D eigenvalue weighted by Gasteiger charge is 2.15. The predicted octanol–water partition coefficient (Wildman–Crippen LogP) is 4.79. The first-order valence-corrected chi connectivity index (χ1v) is 7.97. The Labute approximate surface area is 142 Å². The molecule has 4 aromatic carbocycles. The van der Waals surface area contributed by atoms with Crippen LogP contribution < -0.4 is 0 Å². The number of aromatic nitrogens is 2. The molecule has 25 heavy (non-hydrogen) atoms. The van der Waals surface area contributed by atoms with Crippen LogP contribution in [0.3, 0.4) is 0 Å². The second kappa shape index (κ2) is 4.98. The van der Waals surface area contributed by atoms with Gasteiger partial charge in [-0.05, 0) is 22.9 Å². The van der Waals surface area contributed by atoms with Crippen molar-refractivity contribution in [2.45, 2.75) is 0 Å². The molecule has 0 bridgehead atoms. The number of aromatic carboxylic acids is 1. The Hall–Kier alpha value is -3.53. The maximum absolute atomic E-state index is 11.6. The average molecular weight is 324 g/mol. The number of rotatable bonds is 1. The number of carboxylic acids is 1. The van der Waals surface area contributed by atoms with Gasteiger partial charge in [0.05, 0.1) is 22.1 Å². The Bertz CT molecular complexity index is 1330. The average Bonchev–Trinajstić information content (AvgIpc) is 2.66. The van der Waals surface area contributed by atoms with Crippen molar-refractivity contribution in [3.05, 3.63) is 72.3 Å². The minimum Gasteiger partial charge on any atom is -0.478 e. The summed E-state index contributed by atoms with van der Waals surface area (Å²) in [6, 6.07) is 21.2. The summed E-state index contributed by atoms with van der Waals surface area (Å²) in [6.07, 6.45) is 0. The van der Waals surface area contributed by atoms with Crippen LogP contribution in [0, 0.1) is 0 Å². The van der Waals surface area contributed by atoms with Gasteiger partial charge in [-0.1, -0.05) is 54.6 Å². The molecule has 1 N–H and O–H groups in total. The fourth-order valence-corrected chi connectivity index (χ4v) is 3.47. The molecule has 0 aliphatic rings. The van der Waals surface area contributed by atoms with Crippen LogP contribution >= 0.6 is 0 Å². The smallest absolute Gasteiger partial charge is 0.337 e. The lowest BCUT2D eigenvalue weighted by molar-refractivity contribution is 0.0699. The number of fused-ring (bicyclic) bond motifs is 7. The number of carbonyl (C=O) groups is 1. The monoisotopic (exact) mass is 324 g/mol. The molecule has 0 aliphatic carbocycles. The molecule has 1 aromatic heterocycles. The highest BCUT2D eigenvalue weighted by atomic mass is 16.4. The Kier molecular flexibility index (Phi) is 2.76. The van der Waals surface area contributed by atoms with Crippen LogP contribution in [0.15, 0.2) is 66.7 Å². The van der Waals surface area contributed by atoms with Gasteiger partial charge in [-0.15, -0.1) is 0 Å². The second-order valence-electron chi connectivity index (χ2n) is 5.99. The van der Waals surface area contributed by atoms with Gasteiger partial charge in [0.15, 0.2) is 0 Å². The van der Waals surface area contributed by atoms with Gasteiger partial charge in [0.1, 0.15) is 5.52 Å². The quantitative estimate of drug-likeness (QED) is 0.356. The normalized spacial score (nSPS) is 11.5. The lowest BCUT2D eigenvalue weighted by Crippen LogP contribution is -2.00. The van der Waals surface area contributed by atoms with E-state index in [-0.39, 0.29) is 5.56 Å². The third kappa shape index (κ3) is 1.91. The minimum atomic E-state index is -0.996. The number of hydrogen-bond donors (Lipinski definition) is 1. The summed E-state index contributed by atoms with van der Waals surface area (Å²) in [6.45, 7) is 0. The van der Waals surface area contributed by atoms with E-state index < -0.39 is 5.97 Å². The molecular formula is C21H12N2O2. The molecule has 1 heterocycles. The van der Waals surface area contributed by atoms with Crippen molar-refractivity contribution in [2.75, 3.05) is 0 Å². The predicted molar refractivity (Wildman–Crippen MR) is 99.0 cm³/mol. The van der Waals surface area contributed by atoms with Gasteiger partial charge in [-0.3, -0.25) is 0 Å². The summed E-state index contributed by atoms with van der Waals surface area (Å²) in [5, 5.41) is 13.7. The van der Waals surface area contributed by atoms with E-state index >= 15 is 0 Å². The van der Waals surface area contributed by atoms with Crippen LogP contribution in [0.5, 0.6) is 0 Å². The van der Waals surface area contributed by atoms with E-state index in [1.807, 2.05) is 36.4 Å². The Morgan fingerprint density at radius 3 is 1.80 bits per heavy atom. The molecule has 0 saturated carbocycles. The zero-order valence-electron chi connectivity index (χ0n) is 13.1. The van der Waals surface area contributed by atoms with E-state index in [1.54, 1.807) is 18.2 Å². The molecule has 118 valence electrons. The maximum atomic E-state index is 11.6. The van der Waals surface area contributed by atoms with Crippen molar-refractivity contribution in [1.29, 1.82) is 0 Å². The molecule has 0 amide bonds. The van der Waals surface area contributed by atoms with Crippen LogP contribution in [0.25, 0.3) is 43.6 Å². The van der Waals surface area contributed by atoms with Gasteiger partial charge in [-0.2, -0.15) is 0 Å². The number of para-hydroxylation sites is 1. The molecule has 0 aliphatic heterocycles. The SMILES string of the molecule is O=C(O)c1cccc2nc3c4ccccc4c4ccccc4c3nc12. The van der Waals surface area contributed by atoms with Crippen LogP contribution in [-0.4, -0.2) is 21.0 Å². The molecular weight excluding hydrogens is 312 g/mol. The largest absolute Gasteiger partial charge is 0.478 e. The zero-order valence-corrected chi connectivity index (χ0v) is 13.1. The highest BCUT2D eigenvalue weighted by molar-refractivity contribution is 6.24. The zero-order chi connectivity index (χ0) is 17.0. The molecule has 0 unspecified atom stereocenters. The summed E-state index contributed by atoms with van der Waals surface area (Å²) in [5.74, 6) is -0.996. The minimum absolute atomic E-state index is 0.170. The van der Waals surface area contributed by atoms with E-state index in [9.17, 15) is 9.90 Å². The number of nitrogens with zero attached hydrogens (tertiary/aromatic N) is 2. The van der Waals surface area contributed by atoms with Crippen molar-refractivity contribution >= 4 is 49.6 Å². The molecule has 0 saturated heterocycles. The Morgan fingerprint density at radius 2 is 1.20 bits per heavy atom. The fourth-order valence-electron chi connectivity index (χ4n) is 3.47. The molecule has 0 fully saturated rings. The molecule has 5 rings (SSSR count). The third-order valence-electron chi connectivity index (χ3n) is 4.58. The fraction of sp³-hybridized carbons (Fsp3) is 0. The van der Waals surface area contributed by atoms with Gasteiger partial charge >= 0.3 is 5.97 Å². The lowest BCUT2D eigenvalue weighted by Gasteiger charge is -2.10. The first-order valence-electron chi connectivity index (χ1n) is 7.97. The second-order valence-corrected chi connectivity index (χ2v) is 5.99. The van der Waals surface area contributed by atoms with Crippen molar-refractivity contribution < 1.29 is 9.90 Å². The summed E-state index contributed by atoms with van der Waals surface area (Å²) in [4.78, 5) is 21.1. The van der Waals surface area contributed by atoms with E-state index in [4.69, 9.17) is 9.97 Å². The van der Waals surface area contributed by atoms with Crippen molar-refractivity contribution in [2.24, 2.45) is 0 Å². The van der Waals surface area contributed by atoms with Crippen molar-refractivity contribution in [3.63, 3.8) is 0 Å². The van der Waals surface area contributed by atoms with Crippen LogP contribution in [-0.2, 0) is 0 Å². The summed E-state index contributed by atoms with van der Waals surface area (Å²) >= 11 is 0. The lowest BCUT2D eigenvalue weighted by atomic mass is 9.99. The van der Waals surface area contributed by atoms with Gasteiger partial charge in [-0.25, -0.2) is 14.8 Å². The van der Waals surface area contributed by atoms with Crippen molar-refractivity contribution in [1.82, 2.24) is 9.97 Å². The van der Waals surface area contributed by atoms with Crippen molar-refractivity contribution in [3.8, 4) is 0 Å². The first kappa shape index (κ1) is 13.9. The molecule has 0 atom stereocenters. The van der Waals surface area contributed by atoms with E-state index in [2.05, 4.69) is 12.1 Å². The van der Waals surface area contributed by atoms with Gasteiger partial charge in [0, 0.05) is 10.8 Å². The first-order chi connectivity index (χ1) is 12.2. The third-order valence-corrected chi connectivity index (χ3v) is 4.58. The highest BCUT2D eigenvalue weighted by Crippen LogP contribution is 2.34. The summed E-state index contributed by atoms with van der Waals surface area (Å²) in [5.41, 5.74) is 2.71. The van der Waals surface area contributed by atoms with Crippen LogP contribution in [0.2, 0.25) is 0 Å². The molecule has 4 nitrogen and oxygen atoms in total. The van der Waals surface area contributed by atoms with Gasteiger partial charge in [0.25, 0.3) is 0 Å². The topological polar surface area (TPSA) is 63.1 Å². The molecule has 0 radical (unpaired) electrons. The number of hydrogen-bond acceptors (Lipinski definition) is 3. The van der Waals surface area contributed by atoms with Gasteiger partial charge in [0.2, 0.25) is 0 Å². The van der Waals surface area contributed by atoms with Crippen LogP contribution in [0.1, 0.15) is 10.4 Å².